The minimum absolute atomic E-state index is 0.159. The lowest BCUT2D eigenvalue weighted by Crippen LogP contribution is -2.60. The van der Waals surface area contributed by atoms with Crippen LogP contribution in [0.2, 0.25) is 0 Å². The number of anilines is 1. The van der Waals surface area contributed by atoms with Gasteiger partial charge in [-0.15, -0.1) is 11.3 Å². The molecule has 9 heteroatoms. The highest BCUT2D eigenvalue weighted by atomic mass is 79.9. The van der Waals surface area contributed by atoms with E-state index in [0.717, 1.165) is 8.66 Å². The molecule has 31 heavy (non-hydrogen) atoms. The number of benzene rings is 2. The molecule has 1 aliphatic rings. The van der Waals surface area contributed by atoms with Crippen LogP contribution in [0.15, 0.2) is 80.5 Å². The van der Waals surface area contributed by atoms with Gasteiger partial charge >= 0.3 is 17.4 Å². The molecule has 0 bridgehead atoms. The van der Waals surface area contributed by atoms with Crippen molar-refractivity contribution in [2.24, 2.45) is 0 Å². The maximum atomic E-state index is 13.8. The third-order valence-electron chi connectivity index (χ3n) is 5.04. The van der Waals surface area contributed by atoms with Gasteiger partial charge in [0.15, 0.2) is 0 Å². The fourth-order valence-electron chi connectivity index (χ4n) is 3.73. The summed E-state index contributed by atoms with van der Waals surface area (Å²) in [4.78, 5) is 32.3. The minimum atomic E-state index is -0.595. The number of aromatic nitrogens is 3. The molecular weight excluding hydrogens is 496 g/mol. The number of aromatic amines is 1. The molecule has 5 rings (SSSR count). The molecule has 4 aromatic rings. The van der Waals surface area contributed by atoms with Crippen LogP contribution >= 0.6 is 39.0 Å². The standard InChI is InChI=1S/C22H15BrN4O2S2/c1-30-22-24-19(28)18-14-9-5-6-10-15(14)26(21(29)13-7-3-2-4-8-13)20(27(18)25-22)16-11-12-17(23)31-16/h2-12,20H,1H3/p+1/t20-/m0/s1. The Labute approximate surface area is 194 Å². The van der Waals surface area contributed by atoms with Crippen LogP contribution in [0.3, 0.4) is 0 Å². The van der Waals surface area contributed by atoms with E-state index >= 15 is 0 Å². The van der Waals surface area contributed by atoms with Crippen molar-refractivity contribution < 1.29 is 9.48 Å². The fourth-order valence-corrected chi connectivity index (χ4v) is 5.59. The summed E-state index contributed by atoms with van der Waals surface area (Å²) in [5.74, 6) is -0.159. The Bertz CT molecular complexity index is 1350. The van der Waals surface area contributed by atoms with Crippen molar-refractivity contribution in [3.63, 3.8) is 0 Å². The zero-order valence-corrected chi connectivity index (χ0v) is 19.5. The van der Waals surface area contributed by atoms with Crippen LogP contribution in [0.1, 0.15) is 21.4 Å². The molecule has 0 saturated heterocycles. The van der Waals surface area contributed by atoms with Gasteiger partial charge in [0, 0.05) is 10.7 Å². The van der Waals surface area contributed by atoms with Crippen molar-refractivity contribution in [2.45, 2.75) is 11.3 Å². The summed E-state index contributed by atoms with van der Waals surface area (Å²) < 4.78 is 2.61. The number of thiophene rings is 1. The molecule has 3 heterocycles. The topological polar surface area (TPSA) is 69.9 Å². The molecule has 6 nitrogen and oxygen atoms in total. The SMILES string of the molecule is CSc1n[n+]2c(c(=O)[nH]1)-c1ccccc1N(C(=O)c1ccccc1)[C@@H]2c1ccc(Br)s1. The van der Waals surface area contributed by atoms with E-state index in [1.807, 2.05) is 60.9 Å². The number of para-hydroxylation sites is 1. The van der Waals surface area contributed by atoms with Crippen LogP contribution < -0.4 is 15.1 Å². The number of nitrogens with zero attached hydrogens (tertiary/aromatic N) is 3. The van der Waals surface area contributed by atoms with Gasteiger partial charge in [-0.25, -0.2) is 4.90 Å². The number of H-pyrrole nitrogens is 1. The van der Waals surface area contributed by atoms with E-state index in [1.165, 1.54) is 23.1 Å². The van der Waals surface area contributed by atoms with Gasteiger partial charge in [0.05, 0.1) is 19.9 Å². The molecule has 1 N–H and O–H groups in total. The van der Waals surface area contributed by atoms with Crippen LogP contribution in [-0.4, -0.2) is 22.2 Å². The van der Waals surface area contributed by atoms with E-state index in [4.69, 9.17) is 5.10 Å². The number of nitrogens with one attached hydrogen (secondary N) is 1. The zero-order valence-electron chi connectivity index (χ0n) is 16.3. The number of fused-ring (bicyclic) bond motifs is 3. The van der Waals surface area contributed by atoms with E-state index in [1.54, 1.807) is 21.7 Å². The molecule has 0 spiro atoms. The minimum Gasteiger partial charge on any atom is -0.291 e. The first-order valence-corrected chi connectivity index (χ1v) is 12.3. The normalized spacial score (nSPS) is 14.8. The predicted octanol–water partition coefficient (Wildman–Crippen LogP) is 4.48. The molecule has 0 radical (unpaired) electrons. The second-order valence-corrected chi connectivity index (χ2v) is 10.1. The maximum Gasteiger partial charge on any atom is 0.325 e. The predicted molar refractivity (Wildman–Crippen MR) is 126 cm³/mol. The highest BCUT2D eigenvalue weighted by molar-refractivity contribution is 9.11. The van der Waals surface area contributed by atoms with Crippen molar-refractivity contribution in [1.82, 2.24) is 10.1 Å². The van der Waals surface area contributed by atoms with Gasteiger partial charge in [-0.1, -0.05) is 42.1 Å². The Morgan fingerprint density at radius 3 is 2.58 bits per heavy atom. The van der Waals surface area contributed by atoms with E-state index in [2.05, 4.69) is 20.9 Å². The number of carbonyl (C=O) groups is 1. The van der Waals surface area contributed by atoms with E-state index < -0.39 is 6.17 Å². The lowest BCUT2D eigenvalue weighted by Gasteiger charge is -2.31. The molecule has 2 aromatic carbocycles. The fraction of sp³-hybridized carbons (Fsp3) is 0.0909. The quantitative estimate of drug-likeness (QED) is 0.325. The second-order valence-electron chi connectivity index (χ2n) is 6.83. The average Bonchev–Trinajstić information content (AvgIpc) is 3.23. The van der Waals surface area contributed by atoms with Crippen molar-refractivity contribution in [2.75, 3.05) is 11.2 Å². The monoisotopic (exact) mass is 511 g/mol. The number of rotatable bonds is 3. The summed E-state index contributed by atoms with van der Waals surface area (Å²) in [5, 5.41) is 5.19. The molecule has 154 valence electrons. The molecule has 0 aliphatic carbocycles. The van der Waals surface area contributed by atoms with Crippen LogP contribution in [-0.2, 0) is 0 Å². The van der Waals surface area contributed by atoms with Crippen molar-refractivity contribution in [3.05, 3.63) is 91.3 Å². The summed E-state index contributed by atoms with van der Waals surface area (Å²) in [6.45, 7) is 0. The zero-order chi connectivity index (χ0) is 21.5. The Balaban J connectivity index is 1.83. The molecule has 0 saturated carbocycles. The lowest BCUT2D eigenvalue weighted by atomic mass is 10.0. The van der Waals surface area contributed by atoms with E-state index in [9.17, 15) is 9.59 Å². The molecule has 0 fully saturated rings. The van der Waals surface area contributed by atoms with Gasteiger partial charge in [0.25, 0.3) is 5.91 Å². The molecule has 0 unspecified atom stereocenters. The van der Waals surface area contributed by atoms with Crippen molar-refractivity contribution in [3.8, 4) is 11.3 Å². The smallest absolute Gasteiger partial charge is 0.291 e. The lowest BCUT2D eigenvalue weighted by molar-refractivity contribution is -0.762. The third kappa shape index (κ3) is 3.42. The molecule has 1 atom stereocenters. The van der Waals surface area contributed by atoms with Gasteiger partial charge in [-0.05, 0) is 63.3 Å². The highest BCUT2D eigenvalue weighted by Crippen LogP contribution is 2.40. The van der Waals surface area contributed by atoms with Crippen molar-refractivity contribution >= 4 is 50.6 Å². The second kappa shape index (κ2) is 8.07. The van der Waals surface area contributed by atoms with Gasteiger partial charge in [-0.2, -0.15) is 0 Å². The number of halogens is 1. The third-order valence-corrected chi connectivity index (χ3v) is 7.27. The first-order chi connectivity index (χ1) is 15.1. The highest BCUT2D eigenvalue weighted by Gasteiger charge is 2.46. The number of hydrogen-bond acceptors (Lipinski definition) is 5. The van der Waals surface area contributed by atoms with E-state index in [0.29, 0.717) is 27.7 Å². The molecule has 1 aliphatic heterocycles. The van der Waals surface area contributed by atoms with Crippen LogP contribution in [0.5, 0.6) is 0 Å². The summed E-state index contributed by atoms with van der Waals surface area (Å²) >= 11 is 6.39. The summed E-state index contributed by atoms with van der Waals surface area (Å²) in [7, 11) is 0. The largest absolute Gasteiger partial charge is 0.325 e. The first kappa shape index (κ1) is 20.2. The van der Waals surface area contributed by atoms with Gasteiger partial charge in [-0.3, -0.25) is 14.6 Å². The molecule has 1 amide bonds. The van der Waals surface area contributed by atoms with Crippen LogP contribution in [0.4, 0.5) is 5.69 Å². The Kier molecular flexibility index (Phi) is 5.25. The Hall–Kier alpha value is -2.75. The van der Waals surface area contributed by atoms with Crippen LogP contribution in [0, 0.1) is 0 Å². The molecular formula is C22H16BrN4O2S2+. The summed E-state index contributed by atoms with van der Waals surface area (Å²) in [6, 6.07) is 20.5. The summed E-state index contributed by atoms with van der Waals surface area (Å²) in [6.07, 6.45) is 1.26. The number of thioether (sulfide) groups is 1. The van der Waals surface area contributed by atoms with Crippen LogP contribution in [0.25, 0.3) is 11.3 Å². The number of amides is 1. The number of carbonyl (C=O) groups excluding carboxylic acids is 1. The molecule has 2 aromatic heterocycles. The van der Waals surface area contributed by atoms with Crippen molar-refractivity contribution in [1.29, 1.82) is 0 Å². The average molecular weight is 512 g/mol. The Morgan fingerprint density at radius 2 is 1.87 bits per heavy atom. The van der Waals surface area contributed by atoms with Gasteiger partial charge in [0.1, 0.15) is 0 Å². The Morgan fingerprint density at radius 1 is 1.13 bits per heavy atom. The maximum absolute atomic E-state index is 13.8. The van der Waals surface area contributed by atoms with Gasteiger partial charge in [0.2, 0.25) is 5.16 Å². The first-order valence-electron chi connectivity index (χ1n) is 9.42. The summed E-state index contributed by atoms with van der Waals surface area (Å²) in [5.41, 5.74) is 2.10. The van der Waals surface area contributed by atoms with E-state index in [-0.39, 0.29) is 11.5 Å². The van der Waals surface area contributed by atoms with Gasteiger partial charge < -0.3 is 0 Å². The number of hydrogen-bond donors (Lipinski definition) is 1.